The number of amides is 2. The zero-order valence-electron chi connectivity index (χ0n) is 28.9. The number of aromatic amines is 1. The first-order chi connectivity index (χ1) is 23.5. The first kappa shape index (κ1) is 37.7. The molecule has 14 heteroatoms. The number of imidazole rings is 1. The Morgan fingerprint density at radius 2 is 1.92 bits per heavy atom. The molecule has 1 aliphatic rings. The van der Waals surface area contributed by atoms with E-state index in [1.54, 1.807) is 15.9 Å². The number of ether oxygens (including phenoxy) is 1. The Morgan fingerprint density at radius 3 is 2.63 bits per heavy atom. The molecule has 0 bridgehead atoms. The molecular weight excluding hydrogens is 628 g/mol. The van der Waals surface area contributed by atoms with E-state index in [2.05, 4.69) is 25.9 Å². The maximum atomic E-state index is 13.7. The van der Waals surface area contributed by atoms with Gasteiger partial charge in [0.2, 0.25) is 11.8 Å². The Balaban J connectivity index is 1.42. The second-order valence-electron chi connectivity index (χ2n) is 12.7. The number of hydrogen-bond donors (Lipinski definition) is 7. The van der Waals surface area contributed by atoms with Crippen LogP contribution in [0.15, 0.2) is 42.5 Å². The Labute approximate surface area is 287 Å². The van der Waals surface area contributed by atoms with Crippen molar-refractivity contribution in [2.45, 2.75) is 96.0 Å². The summed E-state index contributed by atoms with van der Waals surface area (Å²) in [4.78, 5) is 49.8. The molecule has 8 N–H and O–H groups in total. The number of methoxy groups -OCH3 is 1. The molecule has 1 aromatic heterocycles. The molecular formula is C35H52N8O6. The van der Waals surface area contributed by atoms with Crippen molar-refractivity contribution < 1.29 is 29.3 Å². The first-order valence-electron chi connectivity index (χ1n) is 17.1. The number of esters is 1. The fraction of sp³-hybridized carbons (Fsp3) is 0.543. The van der Waals surface area contributed by atoms with Crippen molar-refractivity contribution in [3.8, 4) is 0 Å². The molecule has 2 amide bonds. The minimum absolute atomic E-state index is 0.147. The predicted molar refractivity (Wildman–Crippen MR) is 187 cm³/mol. The number of hydrogen-bond acceptors (Lipinski definition) is 11. The molecule has 2 heterocycles. The van der Waals surface area contributed by atoms with Crippen molar-refractivity contribution in [2.75, 3.05) is 32.6 Å². The summed E-state index contributed by atoms with van der Waals surface area (Å²) in [7, 11) is 3.09. The van der Waals surface area contributed by atoms with Crippen LogP contribution >= 0.6 is 0 Å². The minimum Gasteiger partial charge on any atom is -0.469 e. The number of aliphatic hydroxyl groups excluding tert-OH is 2. The number of aliphatic hydroxyl groups is 2. The number of carbonyl (C=O) groups is 3. The zero-order valence-corrected chi connectivity index (χ0v) is 28.9. The van der Waals surface area contributed by atoms with Crippen LogP contribution in [0, 0.1) is 0 Å². The molecule has 2 aromatic carbocycles. The van der Waals surface area contributed by atoms with Crippen LogP contribution in [0.3, 0.4) is 0 Å². The monoisotopic (exact) mass is 680 g/mol. The summed E-state index contributed by atoms with van der Waals surface area (Å²) in [6.45, 7) is 5.27. The number of rotatable bonds is 18. The highest BCUT2D eigenvalue weighted by atomic mass is 16.5. The normalized spacial score (nSPS) is 17.2. The highest BCUT2D eigenvalue weighted by molar-refractivity contribution is 5.90. The van der Waals surface area contributed by atoms with Crippen molar-refractivity contribution >= 4 is 34.5 Å². The van der Waals surface area contributed by atoms with Crippen molar-refractivity contribution in [3.05, 3.63) is 59.4 Å². The number of aromatic nitrogens is 2. The zero-order chi connectivity index (χ0) is 35.5. The van der Waals surface area contributed by atoms with Gasteiger partial charge in [0.05, 0.1) is 43.2 Å². The Morgan fingerprint density at radius 1 is 1.16 bits per heavy atom. The molecule has 3 aromatic rings. The summed E-state index contributed by atoms with van der Waals surface area (Å²) < 4.78 is 4.86. The largest absolute Gasteiger partial charge is 0.469 e. The fourth-order valence-electron chi connectivity index (χ4n) is 6.05. The number of benzene rings is 2. The molecule has 0 aliphatic carbocycles. The van der Waals surface area contributed by atoms with E-state index in [1.165, 1.54) is 7.11 Å². The number of H-pyrrole nitrogens is 1. The maximum absolute atomic E-state index is 13.7. The van der Waals surface area contributed by atoms with Crippen LogP contribution in [-0.4, -0.2) is 99.4 Å². The number of nitrogens with one attached hydrogen (secondary N) is 4. The molecule has 0 spiro atoms. The van der Waals surface area contributed by atoms with Gasteiger partial charge < -0.3 is 41.2 Å². The van der Waals surface area contributed by atoms with Crippen LogP contribution in [0.1, 0.15) is 75.6 Å². The number of anilines is 1. The second kappa shape index (κ2) is 18.1. The van der Waals surface area contributed by atoms with Gasteiger partial charge in [-0.1, -0.05) is 44.9 Å². The van der Waals surface area contributed by atoms with E-state index in [0.717, 1.165) is 35.3 Å². The van der Waals surface area contributed by atoms with Gasteiger partial charge in [0.25, 0.3) is 0 Å². The van der Waals surface area contributed by atoms with Crippen LogP contribution in [0.4, 0.5) is 5.69 Å². The maximum Gasteiger partial charge on any atom is 0.308 e. The molecule has 4 rings (SSSR count). The lowest BCUT2D eigenvalue weighted by Crippen LogP contribution is -2.54. The van der Waals surface area contributed by atoms with E-state index in [0.29, 0.717) is 50.1 Å². The predicted octanol–water partition coefficient (Wildman–Crippen LogP) is 2.08. The second-order valence-corrected chi connectivity index (χ2v) is 12.7. The van der Waals surface area contributed by atoms with Gasteiger partial charge in [0, 0.05) is 18.8 Å². The number of carbonyl (C=O) groups excluding carboxylic acids is 3. The number of nitrogens with zero attached hydrogens (tertiary/aromatic N) is 3. The summed E-state index contributed by atoms with van der Waals surface area (Å²) in [6.07, 6.45) is 1.08. The van der Waals surface area contributed by atoms with Gasteiger partial charge >= 0.3 is 5.97 Å². The van der Waals surface area contributed by atoms with Gasteiger partial charge in [-0.25, -0.2) is 4.98 Å². The van der Waals surface area contributed by atoms with E-state index in [4.69, 9.17) is 10.5 Å². The van der Waals surface area contributed by atoms with Gasteiger partial charge in [-0.3, -0.25) is 24.6 Å². The molecule has 0 saturated carbocycles. The number of fused-ring (bicyclic) bond motifs is 2. The van der Waals surface area contributed by atoms with Crippen LogP contribution in [0.25, 0.3) is 11.0 Å². The first-order valence-corrected chi connectivity index (χ1v) is 17.1. The average Bonchev–Trinajstić information content (AvgIpc) is 3.45. The Bertz CT molecular complexity index is 1520. The van der Waals surface area contributed by atoms with Gasteiger partial charge in [-0.2, -0.15) is 0 Å². The van der Waals surface area contributed by atoms with Gasteiger partial charge in [0.15, 0.2) is 0 Å². The van der Waals surface area contributed by atoms with Crippen LogP contribution < -0.4 is 21.7 Å². The van der Waals surface area contributed by atoms with E-state index in [1.807, 2.05) is 57.3 Å². The van der Waals surface area contributed by atoms with Gasteiger partial charge in [-0.15, -0.1) is 0 Å². The standard InChI is InChI=1S/C35H52N8O6/c1-5-10-24(36)32(45)41-28(11-6-2)33(46)37-16-9-17-43-20-23-18-22(14-15-25(23)38-29(35(43)48)19-31(44)49-4)34(47)42(3)21-30-39-26-12-7-8-13-27(26)40-30/h7-8,12-15,18,24,28-29,33-34,37-38,46-47H,5-6,9-11,16-17,19-21,36H2,1-4H3,(H,39,40)(H,41,45)/t24-,28-,29-,33-,34-/m0/s1. The molecule has 0 unspecified atom stereocenters. The molecule has 0 radical (unpaired) electrons. The molecule has 268 valence electrons. The van der Waals surface area contributed by atoms with Crippen molar-refractivity contribution in [1.82, 2.24) is 30.4 Å². The summed E-state index contributed by atoms with van der Waals surface area (Å²) in [5.41, 5.74) is 9.86. The summed E-state index contributed by atoms with van der Waals surface area (Å²) >= 11 is 0. The summed E-state index contributed by atoms with van der Waals surface area (Å²) in [5.74, 6) is -0.332. The third kappa shape index (κ3) is 10.2. The van der Waals surface area contributed by atoms with Crippen molar-refractivity contribution in [1.29, 1.82) is 0 Å². The minimum atomic E-state index is -0.993. The quantitative estimate of drug-likeness (QED) is 0.0590. The topological polar surface area (TPSA) is 198 Å². The van der Waals surface area contributed by atoms with Gasteiger partial charge in [-0.05, 0) is 68.2 Å². The van der Waals surface area contributed by atoms with Crippen molar-refractivity contribution in [2.24, 2.45) is 5.73 Å². The van der Waals surface area contributed by atoms with Crippen molar-refractivity contribution in [3.63, 3.8) is 0 Å². The third-order valence-corrected chi connectivity index (χ3v) is 8.78. The molecule has 5 atom stereocenters. The Kier molecular flexibility index (Phi) is 13.9. The average molecular weight is 681 g/mol. The van der Waals surface area contributed by atoms with Crippen LogP contribution in [0.2, 0.25) is 0 Å². The highest BCUT2D eigenvalue weighted by Crippen LogP contribution is 2.29. The lowest BCUT2D eigenvalue weighted by atomic mass is 10.1. The van der Waals surface area contributed by atoms with E-state index in [9.17, 15) is 24.6 Å². The lowest BCUT2D eigenvalue weighted by molar-refractivity contribution is -0.144. The molecule has 0 fully saturated rings. The van der Waals surface area contributed by atoms with Gasteiger partial charge in [0.1, 0.15) is 24.3 Å². The van der Waals surface area contributed by atoms with E-state index < -0.39 is 36.6 Å². The highest BCUT2D eigenvalue weighted by Gasteiger charge is 2.32. The smallest absolute Gasteiger partial charge is 0.308 e. The molecule has 0 saturated heterocycles. The van der Waals surface area contributed by atoms with E-state index in [-0.39, 0.29) is 24.8 Å². The molecule has 49 heavy (non-hydrogen) atoms. The Hall–Kier alpha value is -4.08. The number of nitrogens with two attached hydrogens (primary N) is 1. The lowest BCUT2D eigenvalue weighted by Gasteiger charge is -2.27. The molecule has 14 nitrogen and oxygen atoms in total. The summed E-state index contributed by atoms with van der Waals surface area (Å²) in [5, 5.41) is 31.3. The number of para-hydroxylation sites is 2. The van der Waals surface area contributed by atoms with Crippen LogP contribution in [-0.2, 0) is 32.2 Å². The molecule has 1 aliphatic heterocycles. The fourth-order valence-corrected chi connectivity index (χ4v) is 6.05. The third-order valence-electron chi connectivity index (χ3n) is 8.78. The summed E-state index contributed by atoms with van der Waals surface area (Å²) in [6, 6.07) is 11.3. The van der Waals surface area contributed by atoms with E-state index >= 15 is 0 Å². The van der Waals surface area contributed by atoms with Crippen LogP contribution in [0.5, 0.6) is 0 Å². The SMILES string of the molecule is CCC[C@H](NC(=O)[C@@H](N)CCC)[C@H](O)NCCCN1Cc2cc([C@H](O)N(C)Cc3nc4ccccc4[nH]3)ccc2N[C@@H](CC(=O)OC)C1=O.